The van der Waals surface area contributed by atoms with Crippen LogP contribution >= 0.6 is 0 Å². The van der Waals surface area contributed by atoms with Crippen LogP contribution in [-0.4, -0.2) is 35.4 Å². The van der Waals surface area contributed by atoms with Crippen molar-refractivity contribution in [2.24, 2.45) is 0 Å². The van der Waals surface area contributed by atoms with Gasteiger partial charge >= 0.3 is 0 Å². The molecule has 3 aliphatic rings. The molecule has 0 saturated carbocycles. The zero-order valence-corrected chi connectivity index (χ0v) is 57.6. The lowest BCUT2D eigenvalue weighted by atomic mass is 9.87. The summed E-state index contributed by atoms with van der Waals surface area (Å²) in [7, 11) is 0. The first-order valence-corrected chi connectivity index (χ1v) is 35.8. The minimum atomic E-state index is -0.317. The van der Waals surface area contributed by atoms with Crippen LogP contribution in [0.15, 0.2) is 350 Å². The number of anilines is 3. The van der Waals surface area contributed by atoms with Crippen molar-refractivity contribution in [3.8, 4) is 33.4 Å². The third-order valence-corrected chi connectivity index (χ3v) is 21.5. The smallest absolute Gasteiger partial charge is 0.265 e. The molecule has 0 atom stereocenters. The average molecular weight is 1390 g/mol. The lowest BCUT2D eigenvalue weighted by Gasteiger charge is -2.28. The highest BCUT2D eigenvalue weighted by Gasteiger charge is 2.38. The maximum Gasteiger partial charge on any atom is 0.265 e. The Kier molecular flexibility index (Phi) is 14.6. The van der Waals surface area contributed by atoms with Crippen LogP contribution in [0.1, 0.15) is 62.1 Å². The van der Waals surface area contributed by atoms with Crippen LogP contribution in [0.4, 0.5) is 17.1 Å². The average Bonchev–Trinajstić information content (AvgIpc) is 0.813. The van der Waals surface area contributed by atoms with Crippen LogP contribution in [0.2, 0.25) is 0 Å². The molecule has 108 heavy (non-hydrogen) atoms. The van der Waals surface area contributed by atoms with Gasteiger partial charge in [-0.2, -0.15) is 0 Å². The molecule has 6 amide bonds. The molecule has 0 N–H and O–H groups in total. The Labute approximate surface area is 617 Å². The number of hydrogen-bond donors (Lipinski definition) is 0. The molecule has 3 aliphatic heterocycles. The Morgan fingerprint density at radius 1 is 0.185 bits per heavy atom. The third kappa shape index (κ3) is 10.0. The van der Waals surface area contributed by atoms with E-state index in [4.69, 9.17) is 4.42 Å². The van der Waals surface area contributed by atoms with E-state index in [-0.39, 0.29) is 35.4 Å². The summed E-state index contributed by atoms with van der Waals surface area (Å²) < 4.78 is 6.30. The van der Waals surface area contributed by atoms with Crippen molar-refractivity contribution in [2.75, 3.05) is 14.7 Å². The van der Waals surface area contributed by atoms with E-state index >= 15 is 0 Å². The normalized spacial score (nSPS) is 13.2. The number of rotatable bonds is 6. The maximum absolute atomic E-state index is 13.8. The number of furan rings is 1. The van der Waals surface area contributed by atoms with E-state index in [1.807, 2.05) is 273 Å². The Hall–Kier alpha value is -14.7. The predicted molar refractivity (Wildman–Crippen MR) is 436 cm³/mol. The van der Waals surface area contributed by atoms with E-state index in [2.05, 4.69) is 66.7 Å². The number of nitrogens with zero attached hydrogens (tertiary/aromatic N) is 3. The van der Waals surface area contributed by atoms with Crippen molar-refractivity contribution in [3.05, 3.63) is 379 Å². The Morgan fingerprint density at radius 3 is 0.935 bits per heavy atom. The highest BCUT2D eigenvalue weighted by molar-refractivity contribution is 6.39. The fourth-order valence-corrected chi connectivity index (χ4v) is 16.4. The maximum atomic E-state index is 13.8. The standard InChI is InChI=1S/C34H19NO3.2C32H19NO2/c36-33-28-13-5-10-25-23(26-11-6-12-27-24-9-3-4-14-30(24)38-32(26)27)17-18-29(31(25)28)34(37)35(33)22-16-15-20-7-1-2-8-21(20)19-22;34-31-28-11-5-10-27-26(24-13-12-20-6-1-3-8-22(20)18-24)16-17-29(30(27)28)32(35)33(31)25-15-14-21-7-2-4-9-23(21)19-25;34-31-28-14-6-13-27-26(25-12-5-10-21-8-3-4-11-24(21)25)17-18-29(30(27)28)32(35)33(31)23-16-15-20-7-1-2-9-22(20)19-23/h1-19H;2*1-19H. The topological polar surface area (TPSA) is 125 Å². The molecule has 10 nitrogen and oxygen atoms in total. The van der Waals surface area contributed by atoms with Crippen LogP contribution in [-0.2, 0) is 0 Å². The molecule has 0 bridgehead atoms. The van der Waals surface area contributed by atoms with E-state index < -0.39 is 0 Å². The zero-order valence-electron chi connectivity index (χ0n) is 57.6. The van der Waals surface area contributed by atoms with E-state index in [1.54, 1.807) is 6.07 Å². The number of amides is 6. The summed E-state index contributed by atoms with van der Waals surface area (Å²) in [4.78, 5) is 86.3. The Balaban J connectivity index is 0.000000107. The number of para-hydroxylation sites is 2. The van der Waals surface area contributed by atoms with E-state index in [9.17, 15) is 28.8 Å². The number of imide groups is 3. The summed E-state index contributed by atoms with van der Waals surface area (Å²) in [5.74, 6) is -1.81. The first kappa shape index (κ1) is 63.0. The highest BCUT2D eigenvalue weighted by Crippen LogP contribution is 2.46. The van der Waals surface area contributed by atoms with Crippen LogP contribution in [0, 0.1) is 0 Å². The molecular weight excluding hydrogens is 1330 g/mol. The van der Waals surface area contributed by atoms with Crippen molar-refractivity contribution < 1.29 is 33.2 Å². The van der Waals surface area contributed by atoms with Gasteiger partial charge in [0.05, 0.1) is 17.1 Å². The number of hydrogen-bond acceptors (Lipinski definition) is 7. The summed E-state index contributed by atoms with van der Waals surface area (Å²) in [6.45, 7) is 0. The molecule has 0 spiro atoms. The monoisotopic (exact) mass is 1390 g/mol. The molecule has 0 aliphatic carbocycles. The first-order valence-electron chi connectivity index (χ1n) is 35.8. The molecule has 18 aromatic carbocycles. The largest absolute Gasteiger partial charge is 0.455 e. The molecule has 10 heteroatoms. The lowest BCUT2D eigenvalue weighted by Crippen LogP contribution is -2.40. The van der Waals surface area contributed by atoms with Crippen molar-refractivity contribution >= 4 is 161 Å². The second-order valence-corrected chi connectivity index (χ2v) is 27.5. The summed E-state index contributed by atoms with van der Waals surface area (Å²) in [5, 5.41) is 17.7. The molecule has 0 unspecified atom stereocenters. The second kappa shape index (κ2) is 25.0. The summed E-state index contributed by atoms with van der Waals surface area (Å²) in [6.07, 6.45) is 0. The van der Waals surface area contributed by atoms with Gasteiger partial charge in [0.2, 0.25) is 0 Å². The summed E-state index contributed by atoms with van der Waals surface area (Å²) in [6, 6.07) is 113. The van der Waals surface area contributed by atoms with Crippen molar-refractivity contribution in [1.82, 2.24) is 0 Å². The number of carbonyl (C=O) groups is 6. The van der Waals surface area contributed by atoms with E-state index in [1.165, 1.54) is 20.1 Å². The predicted octanol–water partition coefficient (Wildman–Crippen LogP) is 23.6. The fraction of sp³-hybridized carbons (Fsp3) is 0. The summed E-state index contributed by atoms with van der Waals surface area (Å²) in [5.41, 5.74) is 12.6. The molecule has 0 radical (unpaired) electrons. The van der Waals surface area contributed by atoms with Gasteiger partial charge in [0, 0.05) is 65.9 Å². The van der Waals surface area contributed by atoms with Crippen LogP contribution < -0.4 is 14.7 Å². The lowest BCUT2D eigenvalue weighted by molar-refractivity contribution is 0.0877. The van der Waals surface area contributed by atoms with Crippen molar-refractivity contribution in [3.63, 3.8) is 0 Å². The minimum absolute atomic E-state index is 0.293. The minimum Gasteiger partial charge on any atom is -0.455 e. The molecule has 0 fully saturated rings. The van der Waals surface area contributed by atoms with E-state index in [0.29, 0.717) is 55.8 Å². The van der Waals surface area contributed by atoms with Crippen molar-refractivity contribution in [2.45, 2.75) is 0 Å². The molecule has 22 rings (SSSR count). The van der Waals surface area contributed by atoms with Gasteiger partial charge in [-0.1, -0.05) is 261 Å². The highest BCUT2D eigenvalue weighted by atomic mass is 16.3. The van der Waals surface area contributed by atoms with Gasteiger partial charge in [-0.05, 0) is 183 Å². The first-order chi connectivity index (χ1) is 53.1. The van der Waals surface area contributed by atoms with Gasteiger partial charge in [0.15, 0.2) is 0 Å². The number of carbonyl (C=O) groups excluding carboxylic acids is 6. The van der Waals surface area contributed by atoms with Gasteiger partial charge in [0.1, 0.15) is 11.2 Å². The van der Waals surface area contributed by atoms with Crippen LogP contribution in [0.5, 0.6) is 0 Å². The molecule has 506 valence electrons. The van der Waals surface area contributed by atoms with Crippen LogP contribution in [0.25, 0.3) is 141 Å². The number of fused-ring (bicyclic) bond motifs is 8. The van der Waals surface area contributed by atoms with E-state index in [0.717, 1.165) is 131 Å². The molecule has 0 saturated heterocycles. The third-order valence-electron chi connectivity index (χ3n) is 21.5. The molecule has 4 heterocycles. The van der Waals surface area contributed by atoms with Gasteiger partial charge in [-0.25, -0.2) is 14.7 Å². The summed E-state index contributed by atoms with van der Waals surface area (Å²) >= 11 is 0. The molecule has 19 aromatic rings. The zero-order chi connectivity index (χ0) is 72.4. The van der Waals surface area contributed by atoms with Gasteiger partial charge < -0.3 is 4.42 Å². The molecular formula is C98H57N3O7. The second-order valence-electron chi connectivity index (χ2n) is 27.5. The fourth-order valence-electron chi connectivity index (χ4n) is 16.4. The van der Waals surface area contributed by atoms with Gasteiger partial charge in [-0.3, -0.25) is 28.8 Å². The van der Waals surface area contributed by atoms with Crippen LogP contribution in [0.3, 0.4) is 0 Å². The Bertz CT molecular complexity index is 7110. The number of benzene rings is 18. The quantitative estimate of drug-likeness (QED) is 0.152. The van der Waals surface area contributed by atoms with Gasteiger partial charge in [-0.15, -0.1) is 0 Å². The van der Waals surface area contributed by atoms with Gasteiger partial charge in [0.25, 0.3) is 35.4 Å². The van der Waals surface area contributed by atoms with Crippen molar-refractivity contribution in [1.29, 1.82) is 0 Å². The molecule has 1 aromatic heterocycles. The Morgan fingerprint density at radius 2 is 0.472 bits per heavy atom. The SMILES string of the molecule is O=C1c2cccc3c(-c4ccc5ccccc5c4)ccc(c23)C(=O)N1c1ccc2ccccc2c1.O=C1c2cccc3c(-c4cccc5c4oc4ccccc45)ccc(c23)C(=O)N1c1ccc2ccccc2c1.O=C1c2cccc3c(-c4cccc5ccccc45)ccc(c23)C(=O)N1c1ccc2ccccc2c1.